The molecule has 1 heterocycles. The largest absolute Gasteiger partial charge is 0.310 e. The van der Waals surface area contributed by atoms with Crippen LogP contribution in [0, 0.1) is 0 Å². The summed E-state index contributed by atoms with van der Waals surface area (Å²) < 4.78 is 0. The van der Waals surface area contributed by atoms with Gasteiger partial charge < -0.3 is 5.32 Å². The molecule has 2 rings (SSSR count). The number of hydrogen-bond acceptors (Lipinski definition) is 1. The summed E-state index contributed by atoms with van der Waals surface area (Å²) in [4.78, 5) is 0. The van der Waals surface area contributed by atoms with Crippen molar-refractivity contribution in [2.24, 2.45) is 0 Å². The highest BCUT2D eigenvalue weighted by Gasteiger charge is 2.20. The van der Waals surface area contributed by atoms with Crippen LogP contribution in [0.4, 0.5) is 0 Å². The molecule has 1 heteroatoms. The Morgan fingerprint density at radius 2 is 2.00 bits per heavy atom. The Kier molecular flexibility index (Phi) is 2.36. The molecule has 1 aliphatic rings. The molecule has 0 bridgehead atoms. The highest BCUT2D eigenvalue weighted by Crippen LogP contribution is 2.28. The molecule has 1 fully saturated rings. The minimum absolute atomic E-state index is 0.264. The van der Waals surface area contributed by atoms with Gasteiger partial charge in [0.1, 0.15) is 0 Å². The molecule has 1 saturated heterocycles. The molecule has 0 amide bonds. The van der Waals surface area contributed by atoms with Crippen molar-refractivity contribution in [3.63, 3.8) is 0 Å². The van der Waals surface area contributed by atoms with E-state index in [1.165, 1.54) is 24.1 Å². The molecule has 0 aromatic heterocycles. The fourth-order valence-electron chi connectivity index (χ4n) is 1.80. The number of hydrogen-bond donors (Lipinski definition) is 1. The Labute approximate surface area is 86.5 Å². The molecule has 0 aliphatic carbocycles. The van der Waals surface area contributed by atoms with Crippen LogP contribution in [0.2, 0.25) is 0 Å². The third kappa shape index (κ3) is 1.83. The molecule has 1 atom stereocenters. The first-order chi connectivity index (χ1) is 6.57. The number of benzene rings is 1. The predicted molar refractivity (Wildman–Crippen MR) is 60.5 cm³/mol. The van der Waals surface area contributed by atoms with Gasteiger partial charge in [0.15, 0.2) is 0 Å². The van der Waals surface area contributed by atoms with Crippen LogP contribution < -0.4 is 5.32 Å². The van der Waals surface area contributed by atoms with Crippen LogP contribution in [0.3, 0.4) is 0 Å². The van der Waals surface area contributed by atoms with E-state index in [1.807, 2.05) is 0 Å². The number of rotatable bonds is 1. The molecule has 76 valence electrons. The van der Waals surface area contributed by atoms with Gasteiger partial charge >= 0.3 is 0 Å². The Balaban J connectivity index is 2.26. The van der Waals surface area contributed by atoms with Crippen molar-refractivity contribution in [1.82, 2.24) is 5.32 Å². The van der Waals surface area contributed by atoms with E-state index < -0.39 is 0 Å². The fraction of sp³-hybridized carbons (Fsp3) is 0.538. The first kappa shape index (κ1) is 9.72. The summed E-state index contributed by atoms with van der Waals surface area (Å²) in [6.45, 7) is 7.96. The highest BCUT2D eigenvalue weighted by atomic mass is 15.0. The fourth-order valence-corrected chi connectivity index (χ4v) is 1.80. The van der Waals surface area contributed by atoms with E-state index in [1.54, 1.807) is 0 Å². The van der Waals surface area contributed by atoms with Gasteiger partial charge in [0.2, 0.25) is 0 Å². The summed E-state index contributed by atoms with van der Waals surface area (Å²) in [5, 5.41) is 3.44. The predicted octanol–water partition coefficient (Wildman–Crippen LogP) is 3.02. The van der Waals surface area contributed by atoms with Crippen LogP contribution in [0.15, 0.2) is 24.3 Å². The lowest BCUT2D eigenvalue weighted by Crippen LogP contribution is -2.35. The monoisotopic (exact) mass is 189 g/mol. The maximum atomic E-state index is 3.44. The van der Waals surface area contributed by atoms with Crippen molar-refractivity contribution < 1.29 is 0 Å². The summed E-state index contributed by atoms with van der Waals surface area (Å²) in [6, 6.07) is 9.58. The van der Waals surface area contributed by atoms with Gasteiger partial charge in [0, 0.05) is 6.04 Å². The Morgan fingerprint density at radius 3 is 2.50 bits per heavy atom. The van der Waals surface area contributed by atoms with E-state index in [2.05, 4.69) is 50.4 Å². The van der Waals surface area contributed by atoms with Crippen molar-refractivity contribution in [2.45, 2.75) is 38.6 Å². The summed E-state index contributed by atoms with van der Waals surface area (Å²) in [5.41, 5.74) is 3.15. The smallest absolute Gasteiger partial charge is 0.0332 e. The lowest BCUT2D eigenvalue weighted by Gasteiger charge is -2.29. The summed E-state index contributed by atoms with van der Waals surface area (Å²) in [6.07, 6.45) is 1.29. The molecule has 14 heavy (non-hydrogen) atoms. The molecule has 1 unspecified atom stereocenters. The quantitative estimate of drug-likeness (QED) is 0.716. The normalized spacial score (nSPS) is 21.8. The van der Waals surface area contributed by atoms with Crippen LogP contribution in [0.5, 0.6) is 0 Å². The first-order valence-electron chi connectivity index (χ1n) is 5.41. The van der Waals surface area contributed by atoms with Crippen molar-refractivity contribution in [3.05, 3.63) is 35.4 Å². The molecule has 0 spiro atoms. The molecule has 0 saturated carbocycles. The standard InChI is InChI=1S/C13H19N/c1-13(2,3)11-6-4-5-10(9-11)12-7-8-14-12/h4-6,9,12,14H,7-8H2,1-3H3. The maximum Gasteiger partial charge on any atom is 0.0332 e. The van der Waals surface area contributed by atoms with E-state index in [-0.39, 0.29) is 5.41 Å². The third-order valence-corrected chi connectivity index (χ3v) is 2.98. The third-order valence-electron chi connectivity index (χ3n) is 2.98. The second-order valence-electron chi connectivity index (χ2n) is 5.17. The van der Waals surface area contributed by atoms with E-state index >= 15 is 0 Å². The van der Waals surface area contributed by atoms with Crippen molar-refractivity contribution in [2.75, 3.05) is 6.54 Å². The van der Waals surface area contributed by atoms with Crippen LogP contribution in [0.1, 0.15) is 44.4 Å². The zero-order valence-corrected chi connectivity index (χ0v) is 9.30. The van der Waals surface area contributed by atoms with Gasteiger partial charge in [-0.15, -0.1) is 0 Å². The molecule has 0 radical (unpaired) electrons. The molecule has 1 aliphatic heterocycles. The van der Waals surface area contributed by atoms with Crippen molar-refractivity contribution in [3.8, 4) is 0 Å². The Bertz CT molecular complexity index is 318. The second-order valence-corrected chi connectivity index (χ2v) is 5.17. The number of nitrogens with one attached hydrogen (secondary N) is 1. The van der Waals surface area contributed by atoms with E-state index in [4.69, 9.17) is 0 Å². The van der Waals surface area contributed by atoms with Crippen LogP contribution >= 0.6 is 0 Å². The second kappa shape index (κ2) is 3.39. The zero-order valence-electron chi connectivity index (χ0n) is 9.30. The lowest BCUT2D eigenvalue weighted by atomic mass is 9.84. The maximum absolute atomic E-state index is 3.44. The topological polar surface area (TPSA) is 12.0 Å². The molecular weight excluding hydrogens is 170 g/mol. The SMILES string of the molecule is CC(C)(C)c1cccc(C2CCN2)c1. The molecule has 1 nitrogen and oxygen atoms in total. The van der Waals surface area contributed by atoms with E-state index in [0.29, 0.717) is 6.04 Å². The van der Waals surface area contributed by atoms with Crippen LogP contribution in [-0.4, -0.2) is 6.54 Å². The van der Waals surface area contributed by atoms with Gasteiger partial charge in [-0.2, -0.15) is 0 Å². The van der Waals surface area contributed by atoms with Crippen LogP contribution in [0.25, 0.3) is 0 Å². The minimum Gasteiger partial charge on any atom is -0.310 e. The van der Waals surface area contributed by atoms with Gasteiger partial charge in [-0.1, -0.05) is 45.0 Å². The van der Waals surface area contributed by atoms with E-state index in [9.17, 15) is 0 Å². The summed E-state index contributed by atoms with van der Waals surface area (Å²) in [7, 11) is 0. The molecule has 1 N–H and O–H groups in total. The Hall–Kier alpha value is -0.820. The van der Waals surface area contributed by atoms with Gasteiger partial charge in [-0.25, -0.2) is 0 Å². The first-order valence-corrected chi connectivity index (χ1v) is 5.41. The van der Waals surface area contributed by atoms with Crippen LogP contribution in [-0.2, 0) is 5.41 Å². The molecule has 1 aromatic carbocycles. The zero-order chi connectivity index (χ0) is 10.2. The average Bonchev–Trinajstić information content (AvgIpc) is 2.00. The van der Waals surface area contributed by atoms with Gasteiger partial charge in [-0.3, -0.25) is 0 Å². The van der Waals surface area contributed by atoms with Crippen molar-refractivity contribution in [1.29, 1.82) is 0 Å². The summed E-state index contributed by atoms with van der Waals surface area (Å²) in [5.74, 6) is 0. The van der Waals surface area contributed by atoms with Gasteiger partial charge in [0.05, 0.1) is 0 Å². The van der Waals surface area contributed by atoms with Gasteiger partial charge in [-0.05, 0) is 29.5 Å². The average molecular weight is 189 g/mol. The molecule has 1 aromatic rings. The van der Waals surface area contributed by atoms with E-state index in [0.717, 1.165) is 0 Å². The lowest BCUT2D eigenvalue weighted by molar-refractivity contribution is 0.382. The molecular formula is C13H19N. The van der Waals surface area contributed by atoms with Gasteiger partial charge in [0.25, 0.3) is 0 Å². The minimum atomic E-state index is 0.264. The van der Waals surface area contributed by atoms with Crippen molar-refractivity contribution >= 4 is 0 Å². The highest BCUT2D eigenvalue weighted by molar-refractivity contribution is 5.31. The Morgan fingerprint density at radius 1 is 1.29 bits per heavy atom. The summed E-state index contributed by atoms with van der Waals surface area (Å²) >= 11 is 0.